The highest BCUT2D eigenvalue weighted by Crippen LogP contribution is 2.08. The highest BCUT2D eigenvalue weighted by Gasteiger charge is 2.26. The van der Waals surface area contributed by atoms with E-state index in [2.05, 4.69) is 10.6 Å². The van der Waals surface area contributed by atoms with E-state index in [0.717, 1.165) is 5.56 Å². The van der Waals surface area contributed by atoms with Gasteiger partial charge < -0.3 is 15.4 Å². The second-order valence-corrected chi connectivity index (χ2v) is 5.93. The number of nitrogens with zero attached hydrogens (tertiary/aromatic N) is 1. The van der Waals surface area contributed by atoms with Gasteiger partial charge in [-0.15, -0.1) is 0 Å². The summed E-state index contributed by atoms with van der Waals surface area (Å²) < 4.78 is 4.74. The topological polar surface area (TPSA) is 108 Å². The Hall–Kier alpha value is -2.88. The molecule has 0 fully saturated rings. The average Bonchev–Trinajstić information content (AvgIpc) is 2.63. The Morgan fingerprint density at radius 2 is 1.81 bits per heavy atom. The van der Waals surface area contributed by atoms with Crippen molar-refractivity contribution in [3.63, 3.8) is 0 Å². The molecule has 1 aromatic carbocycles. The number of amides is 2. The molecule has 7 heteroatoms. The lowest BCUT2D eigenvalue weighted by Gasteiger charge is -2.22. The highest BCUT2D eigenvalue weighted by molar-refractivity contribution is 5.90. The van der Waals surface area contributed by atoms with Crippen molar-refractivity contribution in [1.29, 1.82) is 5.26 Å². The zero-order valence-corrected chi connectivity index (χ0v) is 15.2. The van der Waals surface area contributed by atoms with Crippen LogP contribution in [0.5, 0.6) is 0 Å². The minimum atomic E-state index is -0.807. The van der Waals surface area contributed by atoms with Crippen molar-refractivity contribution in [1.82, 2.24) is 10.6 Å². The molecule has 0 aromatic heterocycles. The summed E-state index contributed by atoms with van der Waals surface area (Å²) in [6.07, 6.45) is 2.33. The van der Waals surface area contributed by atoms with Gasteiger partial charge in [-0.1, -0.05) is 30.3 Å². The van der Waals surface area contributed by atoms with Crippen molar-refractivity contribution in [2.45, 2.75) is 51.1 Å². The van der Waals surface area contributed by atoms with E-state index in [1.165, 1.54) is 14.0 Å². The minimum Gasteiger partial charge on any atom is -0.467 e. The second kappa shape index (κ2) is 11.6. The molecular weight excluding hydrogens is 334 g/mol. The van der Waals surface area contributed by atoms with Gasteiger partial charge in [0.25, 0.3) is 0 Å². The van der Waals surface area contributed by atoms with Crippen LogP contribution in [0.25, 0.3) is 0 Å². The molecule has 2 N–H and O–H groups in total. The molecule has 1 aromatic rings. The monoisotopic (exact) mass is 359 g/mol. The molecule has 0 spiro atoms. The smallest absolute Gasteiger partial charge is 0.328 e. The molecule has 0 unspecified atom stereocenters. The Bertz CT molecular complexity index is 640. The Labute approximate surface area is 153 Å². The lowest BCUT2D eigenvalue weighted by atomic mass is 10.0. The SMILES string of the molecule is COC(=O)[C@@H](CCCCC#N)NC(=O)[C@H](Cc1ccccc1)NC(C)=O. The normalized spacial score (nSPS) is 12.3. The summed E-state index contributed by atoms with van der Waals surface area (Å²) in [7, 11) is 1.26. The molecule has 0 aliphatic carbocycles. The fourth-order valence-corrected chi connectivity index (χ4v) is 2.52. The number of carbonyl (C=O) groups excluding carboxylic acids is 3. The maximum Gasteiger partial charge on any atom is 0.328 e. The molecule has 0 heterocycles. The molecule has 0 bridgehead atoms. The van der Waals surface area contributed by atoms with Crippen LogP contribution >= 0.6 is 0 Å². The van der Waals surface area contributed by atoms with Gasteiger partial charge in [-0.3, -0.25) is 9.59 Å². The third kappa shape index (κ3) is 7.79. The van der Waals surface area contributed by atoms with Crippen LogP contribution in [0.4, 0.5) is 0 Å². The zero-order valence-electron chi connectivity index (χ0n) is 15.2. The first-order valence-corrected chi connectivity index (χ1v) is 8.54. The summed E-state index contributed by atoms with van der Waals surface area (Å²) in [5, 5.41) is 13.9. The van der Waals surface area contributed by atoms with Crippen molar-refractivity contribution >= 4 is 17.8 Å². The third-order valence-corrected chi connectivity index (χ3v) is 3.81. The van der Waals surface area contributed by atoms with Gasteiger partial charge >= 0.3 is 5.97 Å². The maximum atomic E-state index is 12.6. The van der Waals surface area contributed by atoms with Gasteiger partial charge in [0.05, 0.1) is 13.2 Å². The van der Waals surface area contributed by atoms with E-state index in [1.54, 1.807) is 0 Å². The van der Waals surface area contributed by atoms with E-state index in [4.69, 9.17) is 10.00 Å². The number of rotatable bonds is 10. The number of nitriles is 1. The Kier molecular flexibility index (Phi) is 9.47. The summed E-state index contributed by atoms with van der Waals surface area (Å²) in [6, 6.07) is 9.74. The zero-order chi connectivity index (χ0) is 19.4. The van der Waals surface area contributed by atoms with Crippen molar-refractivity contribution in [2.24, 2.45) is 0 Å². The number of nitrogens with one attached hydrogen (secondary N) is 2. The summed E-state index contributed by atoms with van der Waals surface area (Å²) in [6.45, 7) is 1.34. The summed E-state index contributed by atoms with van der Waals surface area (Å²) in [5.41, 5.74) is 0.894. The Balaban J connectivity index is 2.77. The van der Waals surface area contributed by atoms with Crippen molar-refractivity contribution in [3.05, 3.63) is 35.9 Å². The molecule has 0 aliphatic rings. The van der Waals surface area contributed by atoms with Crippen LogP contribution in [0.3, 0.4) is 0 Å². The quantitative estimate of drug-likeness (QED) is 0.486. The molecule has 2 amide bonds. The number of hydrogen-bond acceptors (Lipinski definition) is 5. The van der Waals surface area contributed by atoms with Gasteiger partial charge in [0.2, 0.25) is 11.8 Å². The van der Waals surface area contributed by atoms with E-state index < -0.39 is 24.0 Å². The van der Waals surface area contributed by atoms with Crippen LogP contribution in [-0.4, -0.2) is 37.0 Å². The van der Waals surface area contributed by atoms with E-state index in [0.29, 0.717) is 32.1 Å². The fourth-order valence-electron chi connectivity index (χ4n) is 2.52. The third-order valence-electron chi connectivity index (χ3n) is 3.81. The van der Waals surface area contributed by atoms with Gasteiger partial charge in [0.1, 0.15) is 12.1 Å². The summed E-state index contributed by atoms with van der Waals surface area (Å²) in [5.74, 6) is -1.32. The highest BCUT2D eigenvalue weighted by atomic mass is 16.5. The lowest BCUT2D eigenvalue weighted by molar-refractivity contribution is -0.145. The molecule has 1 rings (SSSR count). The summed E-state index contributed by atoms with van der Waals surface area (Å²) in [4.78, 5) is 36.0. The molecule has 0 aliphatic heterocycles. The number of carbonyl (C=O) groups is 3. The maximum absolute atomic E-state index is 12.6. The molecule has 140 valence electrons. The molecule has 7 nitrogen and oxygen atoms in total. The van der Waals surface area contributed by atoms with Crippen LogP contribution in [0, 0.1) is 11.3 Å². The molecule has 2 atom stereocenters. The molecule has 26 heavy (non-hydrogen) atoms. The molecular formula is C19H25N3O4. The van der Waals surface area contributed by atoms with Crippen LogP contribution < -0.4 is 10.6 Å². The first kappa shape index (κ1) is 21.2. The van der Waals surface area contributed by atoms with Gasteiger partial charge in [-0.25, -0.2) is 4.79 Å². The Morgan fingerprint density at radius 3 is 2.38 bits per heavy atom. The van der Waals surface area contributed by atoms with E-state index >= 15 is 0 Å². The molecule has 0 radical (unpaired) electrons. The standard InChI is InChI=1S/C19H25N3O4/c1-14(23)21-17(13-15-9-5-3-6-10-15)18(24)22-16(19(25)26-2)11-7-4-8-12-20/h3,5-6,9-10,16-17H,4,7-8,11,13H2,1-2H3,(H,21,23)(H,22,24)/t16-,17+/m1/s1. The van der Waals surface area contributed by atoms with E-state index in [-0.39, 0.29) is 5.91 Å². The fraction of sp³-hybridized carbons (Fsp3) is 0.474. The summed E-state index contributed by atoms with van der Waals surface area (Å²) >= 11 is 0. The van der Waals surface area contributed by atoms with Gasteiger partial charge in [-0.05, 0) is 24.8 Å². The number of methoxy groups -OCH3 is 1. The van der Waals surface area contributed by atoms with Gasteiger partial charge in [-0.2, -0.15) is 5.26 Å². The van der Waals surface area contributed by atoms with E-state index in [9.17, 15) is 14.4 Å². The molecule has 0 saturated carbocycles. The first-order valence-electron chi connectivity index (χ1n) is 8.54. The minimum absolute atomic E-state index is 0.314. The number of benzene rings is 1. The number of hydrogen-bond donors (Lipinski definition) is 2. The predicted molar refractivity (Wildman–Crippen MR) is 95.8 cm³/mol. The van der Waals surface area contributed by atoms with Crippen LogP contribution in [0.1, 0.15) is 38.2 Å². The lowest BCUT2D eigenvalue weighted by Crippen LogP contribution is -2.52. The van der Waals surface area contributed by atoms with Gasteiger partial charge in [0.15, 0.2) is 0 Å². The van der Waals surface area contributed by atoms with Crippen LogP contribution in [0.2, 0.25) is 0 Å². The van der Waals surface area contributed by atoms with Gasteiger partial charge in [0, 0.05) is 19.8 Å². The average molecular weight is 359 g/mol. The van der Waals surface area contributed by atoms with Crippen LogP contribution in [-0.2, 0) is 25.5 Å². The second-order valence-electron chi connectivity index (χ2n) is 5.93. The molecule has 0 saturated heterocycles. The number of unbranched alkanes of at least 4 members (excludes halogenated alkanes) is 2. The van der Waals surface area contributed by atoms with Crippen LogP contribution in [0.15, 0.2) is 30.3 Å². The number of esters is 1. The van der Waals surface area contributed by atoms with Crippen molar-refractivity contribution in [3.8, 4) is 6.07 Å². The van der Waals surface area contributed by atoms with Crippen molar-refractivity contribution in [2.75, 3.05) is 7.11 Å². The largest absolute Gasteiger partial charge is 0.467 e. The van der Waals surface area contributed by atoms with Crippen molar-refractivity contribution < 1.29 is 19.1 Å². The van der Waals surface area contributed by atoms with E-state index in [1.807, 2.05) is 36.4 Å². The number of ether oxygens (including phenoxy) is 1. The first-order chi connectivity index (χ1) is 12.5. The Morgan fingerprint density at radius 1 is 1.12 bits per heavy atom. The predicted octanol–water partition coefficient (Wildman–Crippen LogP) is 1.48.